The largest absolute Gasteiger partial charge is 0.380 e. The van der Waals surface area contributed by atoms with Crippen molar-refractivity contribution in [2.24, 2.45) is 5.92 Å². The quantitative estimate of drug-likeness (QED) is 0.760. The molecule has 0 spiro atoms. The fraction of sp³-hybridized carbons (Fsp3) is 1.00. The first-order valence-corrected chi connectivity index (χ1v) is 11.8. The highest BCUT2D eigenvalue weighted by Gasteiger charge is 2.37. The molecule has 5 heteroatoms. The van der Waals surface area contributed by atoms with Crippen molar-refractivity contribution in [3.05, 3.63) is 0 Å². The molecular formula is C18H34N2OS2. The van der Waals surface area contributed by atoms with Crippen LogP contribution in [0, 0.1) is 5.92 Å². The fourth-order valence-corrected chi connectivity index (χ4v) is 6.52. The van der Waals surface area contributed by atoms with E-state index in [1.807, 2.05) is 7.11 Å². The van der Waals surface area contributed by atoms with Crippen molar-refractivity contribution in [3.8, 4) is 0 Å². The van der Waals surface area contributed by atoms with Gasteiger partial charge in [-0.05, 0) is 69.3 Å². The second-order valence-corrected chi connectivity index (χ2v) is 9.96. The van der Waals surface area contributed by atoms with E-state index in [4.69, 9.17) is 4.74 Å². The van der Waals surface area contributed by atoms with Gasteiger partial charge in [0.25, 0.3) is 0 Å². The molecule has 0 aromatic heterocycles. The standard InChI is InChI=1S/C18H34N2OS2/c1-21-16-9-10-17(19-12-15-4-3-11-23-15)20-18(16)13-5-7-14(22-2)8-6-13/h13-20H,3-12H2,1-2H3. The molecule has 0 aromatic carbocycles. The summed E-state index contributed by atoms with van der Waals surface area (Å²) in [7, 11) is 1.90. The Morgan fingerprint density at radius 3 is 2.61 bits per heavy atom. The lowest BCUT2D eigenvalue weighted by Crippen LogP contribution is -2.60. The van der Waals surface area contributed by atoms with E-state index in [-0.39, 0.29) is 0 Å². The summed E-state index contributed by atoms with van der Waals surface area (Å²) in [5.41, 5.74) is 0. The Hall–Kier alpha value is 0.580. The van der Waals surface area contributed by atoms with Gasteiger partial charge in [0.1, 0.15) is 0 Å². The summed E-state index contributed by atoms with van der Waals surface area (Å²) in [5.74, 6) is 2.16. The van der Waals surface area contributed by atoms with Gasteiger partial charge < -0.3 is 10.1 Å². The zero-order chi connectivity index (χ0) is 16.1. The molecule has 2 aliphatic heterocycles. The van der Waals surface area contributed by atoms with E-state index >= 15 is 0 Å². The predicted octanol–water partition coefficient (Wildman–Crippen LogP) is 3.49. The molecule has 0 radical (unpaired) electrons. The second-order valence-electron chi connectivity index (χ2n) is 7.41. The molecule has 23 heavy (non-hydrogen) atoms. The van der Waals surface area contributed by atoms with Gasteiger partial charge in [0.15, 0.2) is 0 Å². The zero-order valence-electron chi connectivity index (χ0n) is 14.8. The Kier molecular flexibility index (Phi) is 7.45. The average molecular weight is 359 g/mol. The Bertz CT molecular complexity index is 344. The molecule has 3 nitrogen and oxygen atoms in total. The maximum absolute atomic E-state index is 5.84. The average Bonchev–Trinajstić information content (AvgIpc) is 3.13. The van der Waals surface area contributed by atoms with E-state index in [1.165, 1.54) is 63.7 Å². The van der Waals surface area contributed by atoms with Crippen molar-refractivity contribution in [3.63, 3.8) is 0 Å². The van der Waals surface area contributed by atoms with Crippen LogP contribution in [0.25, 0.3) is 0 Å². The third kappa shape index (κ3) is 5.04. The van der Waals surface area contributed by atoms with E-state index in [0.29, 0.717) is 18.3 Å². The van der Waals surface area contributed by atoms with Gasteiger partial charge in [-0.3, -0.25) is 5.32 Å². The highest BCUT2D eigenvalue weighted by atomic mass is 32.2. The van der Waals surface area contributed by atoms with Crippen LogP contribution in [0.4, 0.5) is 0 Å². The minimum absolute atomic E-state index is 0.407. The molecule has 0 aromatic rings. The molecule has 2 heterocycles. The normalized spacial score (nSPS) is 42.0. The first-order valence-electron chi connectivity index (χ1n) is 9.46. The smallest absolute Gasteiger partial charge is 0.0728 e. The van der Waals surface area contributed by atoms with Gasteiger partial charge in [0, 0.05) is 30.2 Å². The van der Waals surface area contributed by atoms with Crippen molar-refractivity contribution in [2.75, 3.05) is 25.7 Å². The predicted molar refractivity (Wildman–Crippen MR) is 103 cm³/mol. The molecule has 2 saturated heterocycles. The number of ether oxygens (including phenoxy) is 1. The van der Waals surface area contributed by atoms with Crippen molar-refractivity contribution in [2.45, 2.75) is 80.2 Å². The third-order valence-corrected chi connectivity index (χ3v) is 8.55. The summed E-state index contributed by atoms with van der Waals surface area (Å²) >= 11 is 4.21. The van der Waals surface area contributed by atoms with Gasteiger partial charge in [0.05, 0.1) is 12.3 Å². The molecule has 0 bridgehead atoms. The lowest BCUT2D eigenvalue weighted by Gasteiger charge is -2.43. The minimum atomic E-state index is 0.407. The van der Waals surface area contributed by atoms with Gasteiger partial charge in [0.2, 0.25) is 0 Å². The van der Waals surface area contributed by atoms with E-state index in [9.17, 15) is 0 Å². The van der Waals surface area contributed by atoms with E-state index in [1.54, 1.807) is 0 Å². The molecule has 1 aliphatic carbocycles. The highest BCUT2D eigenvalue weighted by Crippen LogP contribution is 2.35. The van der Waals surface area contributed by atoms with Crippen LogP contribution < -0.4 is 10.6 Å². The zero-order valence-corrected chi connectivity index (χ0v) is 16.4. The molecule has 0 amide bonds. The number of hydrogen-bond donors (Lipinski definition) is 2. The Morgan fingerprint density at radius 1 is 1.13 bits per heavy atom. The number of methoxy groups -OCH3 is 1. The van der Waals surface area contributed by atoms with Crippen LogP contribution in [0.15, 0.2) is 0 Å². The maximum Gasteiger partial charge on any atom is 0.0728 e. The first-order chi connectivity index (χ1) is 11.3. The molecule has 2 N–H and O–H groups in total. The lowest BCUT2D eigenvalue weighted by molar-refractivity contribution is 0.00258. The van der Waals surface area contributed by atoms with Crippen molar-refractivity contribution in [1.82, 2.24) is 10.6 Å². The lowest BCUT2D eigenvalue weighted by atomic mass is 9.79. The maximum atomic E-state index is 5.84. The molecule has 1 saturated carbocycles. The number of piperidine rings is 1. The van der Waals surface area contributed by atoms with Gasteiger partial charge in [-0.1, -0.05) is 0 Å². The number of thioether (sulfide) groups is 2. The summed E-state index contributed by atoms with van der Waals surface area (Å²) in [6.07, 6.45) is 13.9. The molecule has 134 valence electrons. The summed E-state index contributed by atoms with van der Waals surface area (Å²) in [6, 6.07) is 0.547. The van der Waals surface area contributed by atoms with Gasteiger partial charge in [-0.15, -0.1) is 0 Å². The van der Waals surface area contributed by atoms with E-state index in [2.05, 4.69) is 40.4 Å². The van der Waals surface area contributed by atoms with Crippen molar-refractivity contribution >= 4 is 23.5 Å². The summed E-state index contributed by atoms with van der Waals surface area (Å²) < 4.78 is 5.84. The Balaban J connectivity index is 1.49. The number of nitrogens with one attached hydrogen (secondary N) is 2. The summed E-state index contributed by atoms with van der Waals surface area (Å²) in [6.45, 7) is 1.17. The van der Waals surface area contributed by atoms with E-state index < -0.39 is 0 Å². The molecule has 3 rings (SSSR count). The van der Waals surface area contributed by atoms with Gasteiger partial charge >= 0.3 is 0 Å². The SMILES string of the molecule is COC1CCC(NCC2CCCS2)NC1C1CCC(SC)CC1. The van der Waals surface area contributed by atoms with Crippen molar-refractivity contribution < 1.29 is 4.74 Å². The van der Waals surface area contributed by atoms with Crippen LogP contribution in [0.1, 0.15) is 51.4 Å². The van der Waals surface area contributed by atoms with Crippen LogP contribution >= 0.6 is 23.5 Å². The van der Waals surface area contributed by atoms with Crippen LogP contribution in [-0.4, -0.2) is 54.5 Å². The van der Waals surface area contributed by atoms with E-state index in [0.717, 1.165) is 16.4 Å². The fourth-order valence-electron chi connectivity index (χ4n) is 4.56. The molecular weight excluding hydrogens is 324 g/mol. The molecule has 3 aliphatic rings. The third-order valence-electron chi connectivity index (χ3n) is 6.01. The molecule has 3 fully saturated rings. The Labute approximate surface area is 150 Å². The monoisotopic (exact) mass is 358 g/mol. The molecule has 4 unspecified atom stereocenters. The summed E-state index contributed by atoms with van der Waals surface area (Å²) in [4.78, 5) is 0. The first kappa shape index (κ1) is 18.4. The second kappa shape index (κ2) is 9.33. The minimum Gasteiger partial charge on any atom is -0.380 e. The number of rotatable bonds is 6. The van der Waals surface area contributed by atoms with Crippen molar-refractivity contribution in [1.29, 1.82) is 0 Å². The Morgan fingerprint density at radius 2 is 1.96 bits per heavy atom. The van der Waals surface area contributed by atoms with Crippen LogP contribution in [-0.2, 0) is 4.74 Å². The highest BCUT2D eigenvalue weighted by molar-refractivity contribution is 8.00. The van der Waals surface area contributed by atoms with Crippen LogP contribution in [0.2, 0.25) is 0 Å². The van der Waals surface area contributed by atoms with Gasteiger partial charge in [-0.25, -0.2) is 0 Å². The topological polar surface area (TPSA) is 33.3 Å². The molecule has 4 atom stereocenters. The van der Waals surface area contributed by atoms with Crippen LogP contribution in [0.3, 0.4) is 0 Å². The van der Waals surface area contributed by atoms with Gasteiger partial charge in [-0.2, -0.15) is 23.5 Å². The summed E-state index contributed by atoms with van der Waals surface area (Å²) in [5, 5.41) is 9.47. The number of hydrogen-bond acceptors (Lipinski definition) is 5. The van der Waals surface area contributed by atoms with Crippen LogP contribution in [0.5, 0.6) is 0 Å².